The van der Waals surface area contributed by atoms with Crippen molar-refractivity contribution in [3.8, 4) is 0 Å². The van der Waals surface area contributed by atoms with Crippen molar-refractivity contribution in [2.24, 2.45) is 5.84 Å². The first-order valence-electron chi connectivity index (χ1n) is 3.83. The van der Waals surface area contributed by atoms with Gasteiger partial charge in [-0.05, 0) is 18.5 Å². The number of aliphatic hydroxyl groups is 1. The Hall–Kier alpha value is -1.11. The van der Waals surface area contributed by atoms with Crippen LogP contribution in [0.4, 0.5) is 0 Å². The maximum atomic E-state index is 10.3. The summed E-state index contributed by atoms with van der Waals surface area (Å²) in [6.45, 7) is 1.63. The molecule has 0 aromatic rings. The van der Waals surface area contributed by atoms with E-state index in [0.717, 1.165) is 5.17 Å². The summed E-state index contributed by atoms with van der Waals surface area (Å²) in [5.74, 6) is 4.79. The molecule has 0 aromatic heterocycles. The molecule has 1 unspecified atom stereocenters. The van der Waals surface area contributed by atoms with Crippen LogP contribution < -0.4 is 5.84 Å². The molecule has 1 rings (SSSR count). The number of hydrogen-bond donors (Lipinski definition) is 3. The molecule has 0 bridgehead atoms. The second-order valence-electron chi connectivity index (χ2n) is 2.80. The summed E-state index contributed by atoms with van der Waals surface area (Å²) in [6.07, 6.45) is -0.823. The van der Waals surface area contributed by atoms with Crippen LogP contribution in [0.5, 0.6) is 0 Å². The number of allylic oxidation sites excluding steroid dienone is 1. The van der Waals surface area contributed by atoms with Crippen LogP contribution in [-0.4, -0.2) is 27.6 Å². The molecule has 6 nitrogen and oxygen atoms in total. The molecule has 1 aliphatic heterocycles. The number of nitrogens with two attached hydrogens (primary N) is 1. The summed E-state index contributed by atoms with van der Waals surface area (Å²) in [6, 6.07) is 0. The van der Waals surface area contributed by atoms with E-state index in [0.29, 0.717) is 11.3 Å². The molecule has 0 aromatic carbocycles. The monoisotopic (exact) mass is 188 g/mol. The Balaban J connectivity index is 2.57. The summed E-state index contributed by atoms with van der Waals surface area (Å²) >= 11 is 0. The number of rotatable bonds is 3. The lowest BCUT2D eigenvalue weighted by atomic mass is 10.1. The molecule has 74 valence electrons. The third-order valence-electron chi connectivity index (χ3n) is 1.86. The number of carbonyl (C=O) groups is 1. The van der Waals surface area contributed by atoms with Gasteiger partial charge < -0.3 is 15.1 Å². The van der Waals surface area contributed by atoms with Crippen molar-refractivity contribution in [3.05, 3.63) is 11.3 Å². The summed E-state index contributed by atoms with van der Waals surface area (Å²) in [7, 11) is 0. The molecular formula is C7H12N2O4. The number of carboxylic acid groups (broad SMARTS) is 1. The smallest absolute Gasteiger partial charge is 0.303 e. The Bertz CT molecular complexity index is 251. The molecule has 1 heterocycles. The highest BCUT2D eigenvalue weighted by molar-refractivity contribution is 5.67. The van der Waals surface area contributed by atoms with Gasteiger partial charge in [-0.3, -0.25) is 4.79 Å². The summed E-state index contributed by atoms with van der Waals surface area (Å²) in [5, 5.41) is 18.6. The minimum atomic E-state index is -1.03. The quantitative estimate of drug-likeness (QED) is 0.520. The van der Waals surface area contributed by atoms with Gasteiger partial charge >= 0.3 is 5.97 Å². The van der Waals surface area contributed by atoms with Gasteiger partial charge in [0.05, 0.1) is 0 Å². The lowest BCUT2D eigenvalue weighted by Gasteiger charge is -2.12. The minimum absolute atomic E-state index is 0.0407. The first-order chi connectivity index (χ1) is 6.02. The second-order valence-corrected chi connectivity index (χ2v) is 2.80. The molecule has 4 N–H and O–H groups in total. The van der Waals surface area contributed by atoms with Crippen molar-refractivity contribution in [1.29, 1.82) is 0 Å². The van der Waals surface area contributed by atoms with Crippen LogP contribution in [0.1, 0.15) is 19.8 Å². The zero-order valence-electron chi connectivity index (χ0n) is 7.23. The fraction of sp³-hybridized carbons (Fsp3) is 0.571. The van der Waals surface area contributed by atoms with Crippen LogP contribution in [0.2, 0.25) is 0 Å². The standard InChI is InChI=1S/C7H12N2O4/c1-4-5(2-3-6(10)11)7(12)9(8)13-4/h7,12H,2-3,8H2,1H3,(H,10,11). The molecule has 1 atom stereocenters. The number of aliphatic hydroxyl groups excluding tert-OH is 1. The number of carboxylic acids is 1. The largest absolute Gasteiger partial charge is 0.481 e. The van der Waals surface area contributed by atoms with Gasteiger partial charge in [0.1, 0.15) is 5.76 Å². The predicted molar refractivity (Wildman–Crippen MR) is 42.7 cm³/mol. The van der Waals surface area contributed by atoms with E-state index in [9.17, 15) is 9.90 Å². The van der Waals surface area contributed by atoms with Crippen LogP contribution in [0.25, 0.3) is 0 Å². The molecule has 0 saturated carbocycles. The fourth-order valence-corrected chi connectivity index (χ4v) is 1.15. The summed E-state index contributed by atoms with van der Waals surface area (Å²) < 4.78 is 0. The van der Waals surface area contributed by atoms with Gasteiger partial charge in [-0.25, -0.2) is 5.84 Å². The van der Waals surface area contributed by atoms with Crippen molar-refractivity contribution in [2.75, 3.05) is 0 Å². The van der Waals surface area contributed by atoms with Gasteiger partial charge in [-0.15, -0.1) is 0 Å². The second kappa shape index (κ2) is 3.73. The van der Waals surface area contributed by atoms with E-state index in [1.807, 2.05) is 0 Å². The van der Waals surface area contributed by atoms with Gasteiger partial charge in [0.25, 0.3) is 0 Å². The highest BCUT2D eigenvalue weighted by Gasteiger charge is 2.29. The average Bonchev–Trinajstić information content (AvgIpc) is 2.24. The fourth-order valence-electron chi connectivity index (χ4n) is 1.15. The third-order valence-corrected chi connectivity index (χ3v) is 1.86. The number of hydroxylamine groups is 1. The SMILES string of the molecule is CC1=C(CCC(=O)O)C(O)N(N)O1. The van der Waals surface area contributed by atoms with Gasteiger partial charge in [0.15, 0.2) is 6.23 Å². The van der Waals surface area contributed by atoms with Crippen molar-refractivity contribution in [3.63, 3.8) is 0 Å². The van der Waals surface area contributed by atoms with E-state index < -0.39 is 12.2 Å². The minimum Gasteiger partial charge on any atom is -0.481 e. The molecule has 0 radical (unpaired) electrons. The van der Waals surface area contributed by atoms with Gasteiger partial charge in [0, 0.05) is 12.0 Å². The Morgan fingerprint density at radius 1 is 1.77 bits per heavy atom. The maximum Gasteiger partial charge on any atom is 0.303 e. The molecular weight excluding hydrogens is 176 g/mol. The van der Waals surface area contributed by atoms with Crippen LogP contribution in [0.3, 0.4) is 0 Å². The Labute approximate surface area is 75.1 Å². The maximum absolute atomic E-state index is 10.3. The summed E-state index contributed by atoms with van der Waals surface area (Å²) in [5.41, 5.74) is 0.518. The highest BCUT2D eigenvalue weighted by atomic mass is 16.7. The van der Waals surface area contributed by atoms with E-state index >= 15 is 0 Å². The number of hydrazine groups is 1. The van der Waals surface area contributed by atoms with Crippen molar-refractivity contribution in [2.45, 2.75) is 26.0 Å². The van der Waals surface area contributed by atoms with E-state index in [-0.39, 0.29) is 12.8 Å². The van der Waals surface area contributed by atoms with Gasteiger partial charge in [-0.1, -0.05) is 0 Å². The molecule has 0 saturated heterocycles. The molecule has 0 aliphatic carbocycles. The normalized spacial score (nSPS) is 23.5. The Morgan fingerprint density at radius 3 is 2.77 bits per heavy atom. The van der Waals surface area contributed by atoms with E-state index in [4.69, 9.17) is 15.8 Å². The Kier molecular flexibility index (Phi) is 2.86. The van der Waals surface area contributed by atoms with Crippen molar-refractivity contribution < 1.29 is 19.8 Å². The van der Waals surface area contributed by atoms with Crippen molar-refractivity contribution in [1.82, 2.24) is 5.17 Å². The lowest BCUT2D eigenvalue weighted by molar-refractivity contribution is -0.175. The predicted octanol–water partition coefficient (Wildman–Crippen LogP) is -0.435. The van der Waals surface area contributed by atoms with Crippen LogP contribution in [0, 0.1) is 0 Å². The topological polar surface area (TPSA) is 96.0 Å². The summed E-state index contributed by atoms with van der Waals surface area (Å²) in [4.78, 5) is 15.1. The number of nitrogens with zero attached hydrogens (tertiary/aromatic N) is 1. The lowest BCUT2D eigenvalue weighted by Crippen LogP contribution is -2.36. The van der Waals surface area contributed by atoms with Gasteiger partial charge in [-0.2, -0.15) is 0 Å². The zero-order valence-corrected chi connectivity index (χ0v) is 7.23. The zero-order chi connectivity index (χ0) is 10.0. The first kappa shape index (κ1) is 9.97. The highest BCUT2D eigenvalue weighted by Crippen LogP contribution is 2.24. The molecule has 1 aliphatic rings. The van der Waals surface area contributed by atoms with Gasteiger partial charge in [0.2, 0.25) is 0 Å². The van der Waals surface area contributed by atoms with Crippen LogP contribution in [0.15, 0.2) is 11.3 Å². The molecule has 13 heavy (non-hydrogen) atoms. The van der Waals surface area contributed by atoms with E-state index in [1.165, 1.54) is 0 Å². The first-order valence-corrected chi connectivity index (χ1v) is 3.83. The molecule has 6 heteroatoms. The van der Waals surface area contributed by atoms with E-state index in [2.05, 4.69) is 0 Å². The van der Waals surface area contributed by atoms with Crippen molar-refractivity contribution >= 4 is 5.97 Å². The molecule has 0 fully saturated rings. The molecule has 0 amide bonds. The van der Waals surface area contributed by atoms with Crippen LogP contribution >= 0.6 is 0 Å². The average molecular weight is 188 g/mol. The number of hydrogen-bond acceptors (Lipinski definition) is 5. The van der Waals surface area contributed by atoms with E-state index in [1.54, 1.807) is 6.92 Å². The number of aliphatic carboxylic acids is 1. The Morgan fingerprint density at radius 2 is 2.38 bits per heavy atom. The van der Waals surface area contributed by atoms with Crippen LogP contribution in [-0.2, 0) is 9.63 Å². The third kappa shape index (κ3) is 2.18. The molecule has 0 spiro atoms.